The van der Waals surface area contributed by atoms with E-state index in [2.05, 4.69) is 10.3 Å². The van der Waals surface area contributed by atoms with Crippen LogP contribution in [0.1, 0.15) is 23.6 Å². The summed E-state index contributed by atoms with van der Waals surface area (Å²) in [4.78, 5) is 16.3. The van der Waals surface area contributed by atoms with Crippen molar-refractivity contribution < 1.29 is 13.2 Å². The Hall–Kier alpha value is -1.47. The molecule has 1 N–H and O–H groups in total. The van der Waals surface area contributed by atoms with Gasteiger partial charge in [-0.05, 0) is 26.0 Å². The van der Waals surface area contributed by atoms with Crippen molar-refractivity contribution in [1.29, 1.82) is 0 Å². The lowest BCUT2D eigenvalue weighted by Crippen LogP contribution is -2.43. The van der Waals surface area contributed by atoms with Gasteiger partial charge < -0.3 is 5.32 Å². The summed E-state index contributed by atoms with van der Waals surface area (Å²) in [5, 5.41) is 2.98. The molecular weight excluding hydrogens is 296 g/mol. The van der Waals surface area contributed by atoms with Gasteiger partial charge in [-0.2, -0.15) is 0 Å². The van der Waals surface area contributed by atoms with Crippen LogP contribution in [0.5, 0.6) is 0 Å². The predicted molar refractivity (Wildman–Crippen MR) is 80.9 cm³/mol. The first-order valence-corrected chi connectivity index (χ1v) is 8.75. The molecule has 1 aromatic heterocycles. The van der Waals surface area contributed by atoms with Crippen LogP contribution in [0.2, 0.25) is 0 Å². The molecule has 20 heavy (non-hydrogen) atoms. The average molecular weight is 312 g/mol. The highest BCUT2D eigenvalue weighted by atomic mass is 32.2. The number of nitrogens with one attached hydrogen (secondary N) is 1. The van der Waals surface area contributed by atoms with E-state index in [0.29, 0.717) is 5.01 Å². The summed E-state index contributed by atoms with van der Waals surface area (Å²) in [6.07, 6.45) is 1.16. The molecule has 1 aromatic carbocycles. The number of carbonyl (C=O) groups is 1. The topological polar surface area (TPSA) is 76.1 Å². The van der Waals surface area contributed by atoms with Crippen LogP contribution in [0.4, 0.5) is 0 Å². The second-order valence-electron chi connectivity index (χ2n) is 5.20. The molecule has 5 nitrogen and oxygen atoms in total. The van der Waals surface area contributed by atoms with Gasteiger partial charge in [0.25, 0.3) is 5.91 Å². The molecule has 0 atom stereocenters. The van der Waals surface area contributed by atoms with E-state index in [0.717, 1.165) is 16.5 Å². The van der Waals surface area contributed by atoms with Crippen molar-refractivity contribution in [3.05, 3.63) is 29.3 Å². The summed E-state index contributed by atoms with van der Waals surface area (Å²) in [6.45, 7) is 3.22. The Labute approximate surface area is 121 Å². The molecule has 0 fully saturated rings. The van der Waals surface area contributed by atoms with E-state index in [9.17, 15) is 13.2 Å². The molecule has 2 aromatic rings. The highest BCUT2D eigenvalue weighted by molar-refractivity contribution is 7.92. The second-order valence-corrected chi connectivity index (χ2v) is 8.88. The minimum absolute atomic E-state index is 0.0561. The van der Waals surface area contributed by atoms with Gasteiger partial charge >= 0.3 is 0 Å². The number of sulfone groups is 1. The summed E-state index contributed by atoms with van der Waals surface area (Å²) < 4.78 is 23.1. The predicted octanol–water partition coefficient (Wildman–Crippen LogP) is 1.85. The van der Waals surface area contributed by atoms with Crippen molar-refractivity contribution >= 4 is 37.3 Å². The zero-order chi connectivity index (χ0) is 15.0. The van der Waals surface area contributed by atoms with Crippen LogP contribution < -0.4 is 5.32 Å². The Morgan fingerprint density at radius 3 is 2.60 bits per heavy atom. The van der Waals surface area contributed by atoms with E-state index in [1.54, 1.807) is 13.8 Å². The molecule has 0 aliphatic heterocycles. The second kappa shape index (κ2) is 5.14. The molecule has 0 unspecified atom stereocenters. The quantitative estimate of drug-likeness (QED) is 0.935. The number of para-hydroxylation sites is 1. The summed E-state index contributed by atoms with van der Waals surface area (Å²) in [7, 11) is -3.24. The van der Waals surface area contributed by atoms with Crippen LogP contribution >= 0.6 is 11.3 Å². The number of hydrogen-bond donors (Lipinski definition) is 1. The normalized spacial score (nSPS) is 12.6. The van der Waals surface area contributed by atoms with Crippen molar-refractivity contribution in [2.45, 2.75) is 18.6 Å². The lowest BCUT2D eigenvalue weighted by molar-refractivity contribution is 0.0950. The molecule has 1 amide bonds. The Bertz CT molecular complexity index is 715. The zero-order valence-electron chi connectivity index (χ0n) is 11.5. The van der Waals surface area contributed by atoms with Crippen LogP contribution in [-0.2, 0) is 9.84 Å². The minimum Gasteiger partial charge on any atom is -0.348 e. The largest absolute Gasteiger partial charge is 0.348 e. The Morgan fingerprint density at radius 1 is 1.35 bits per heavy atom. The molecule has 7 heteroatoms. The van der Waals surface area contributed by atoms with Crippen molar-refractivity contribution in [2.75, 3.05) is 12.8 Å². The summed E-state index contributed by atoms with van der Waals surface area (Å²) in [5.41, 5.74) is 0.769. The van der Waals surface area contributed by atoms with Crippen molar-refractivity contribution in [1.82, 2.24) is 10.3 Å². The third-order valence-corrected chi connectivity index (χ3v) is 6.35. The van der Waals surface area contributed by atoms with Gasteiger partial charge in [-0.15, -0.1) is 11.3 Å². The lowest BCUT2D eigenvalue weighted by Gasteiger charge is -2.22. The van der Waals surface area contributed by atoms with Gasteiger partial charge in [-0.1, -0.05) is 12.1 Å². The third kappa shape index (κ3) is 2.99. The van der Waals surface area contributed by atoms with Gasteiger partial charge in [0.1, 0.15) is 0 Å². The maximum atomic E-state index is 12.0. The number of hydrogen-bond acceptors (Lipinski definition) is 5. The van der Waals surface area contributed by atoms with Crippen LogP contribution in [-0.4, -0.2) is 36.9 Å². The molecule has 1 heterocycles. The van der Waals surface area contributed by atoms with Crippen molar-refractivity contribution in [2.24, 2.45) is 0 Å². The van der Waals surface area contributed by atoms with Crippen LogP contribution in [0.15, 0.2) is 24.3 Å². The van der Waals surface area contributed by atoms with Gasteiger partial charge in [0, 0.05) is 12.8 Å². The monoisotopic (exact) mass is 312 g/mol. The van der Waals surface area contributed by atoms with E-state index in [4.69, 9.17) is 0 Å². The summed E-state index contributed by atoms with van der Waals surface area (Å²) in [5.74, 6) is -0.345. The van der Waals surface area contributed by atoms with E-state index in [-0.39, 0.29) is 12.5 Å². The molecular formula is C13H16N2O3S2. The molecule has 108 valence electrons. The molecule has 0 spiro atoms. The Morgan fingerprint density at radius 2 is 2.00 bits per heavy atom. The highest BCUT2D eigenvalue weighted by Gasteiger charge is 2.30. The molecule has 0 aliphatic carbocycles. The molecule has 0 radical (unpaired) electrons. The molecule has 0 saturated heterocycles. The number of aromatic nitrogens is 1. The van der Waals surface area contributed by atoms with Gasteiger partial charge in [-0.3, -0.25) is 4.79 Å². The molecule has 0 bridgehead atoms. The standard InChI is InChI=1S/C13H16N2O3S2/c1-13(2,20(3,17)18)8-14-11(16)12-15-9-6-4-5-7-10(9)19-12/h4-7H,8H2,1-3H3,(H,14,16). The first kappa shape index (κ1) is 14.9. The maximum Gasteiger partial charge on any atom is 0.280 e. The van der Waals surface area contributed by atoms with Gasteiger partial charge in [0.15, 0.2) is 14.8 Å². The Balaban J connectivity index is 2.13. The zero-order valence-corrected chi connectivity index (χ0v) is 13.1. The van der Waals surface area contributed by atoms with E-state index in [1.165, 1.54) is 11.3 Å². The summed E-state index contributed by atoms with van der Waals surface area (Å²) in [6, 6.07) is 7.47. The smallest absolute Gasteiger partial charge is 0.280 e. The summed E-state index contributed by atoms with van der Waals surface area (Å²) >= 11 is 1.29. The van der Waals surface area contributed by atoms with E-state index < -0.39 is 14.6 Å². The first-order chi connectivity index (χ1) is 9.21. The maximum absolute atomic E-state index is 12.0. The van der Waals surface area contributed by atoms with Crippen molar-refractivity contribution in [3.63, 3.8) is 0 Å². The molecule has 0 saturated carbocycles. The number of benzene rings is 1. The minimum atomic E-state index is -3.24. The van der Waals surface area contributed by atoms with Crippen molar-refractivity contribution in [3.8, 4) is 0 Å². The highest BCUT2D eigenvalue weighted by Crippen LogP contribution is 2.21. The fourth-order valence-corrected chi connectivity index (χ4v) is 2.69. The fourth-order valence-electron chi connectivity index (χ4n) is 1.47. The number of rotatable bonds is 4. The molecule has 2 rings (SSSR count). The molecule has 0 aliphatic rings. The van der Waals surface area contributed by atoms with Crippen LogP contribution in [0.25, 0.3) is 10.2 Å². The number of nitrogens with zero attached hydrogens (tertiary/aromatic N) is 1. The van der Waals surface area contributed by atoms with E-state index >= 15 is 0 Å². The van der Waals surface area contributed by atoms with Gasteiger partial charge in [0.2, 0.25) is 0 Å². The lowest BCUT2D eigenvalue weighted by atomic mass is 10.2. The number of thiazole rings is 1. The number of amides is 1. The van der Waals surface area contributed by atoms with Crippen LogP contribution in [0, 0.1) is 0 Å². The van der Waals surface area contributed by atoms with Crippen LogP contribution in [0.3, 0.4) is 0 Å². The van der Waals surface area contributed by atoms with Gasteiger partial charge in [0.05, 0.1) is 15.0 Å². The SMILES string of the molecule is CC(C)(CNC(=O)c1nc2ccccc2s1)S(C)(=O)=O. The number of carbonyl (C=O) groups excluding carboxylic acids is 1. The van der Waals surface area contributed by atoms with Gasteiger partial charge in [-0.25, -0.2) is 13.4 Å². The third-order valence-electron chi connectivity index (χ3n) is 3.17. The van der Waals surface area contributed by atoms with E-state index in [1.807, 2.05) is 24.3 Å². The fraction of sp³-hybridized carbons (Fsp3) is 0.385. The number of fused-ring (bicyclic) bond motifs is 1. The first-order valence-electron chi connectivity index (χ1n) is 6.04. The Kier molecular flexibility index (Phi) is 3.84. The average Bonchev–Trinajstić information content (AvgIpc) is 2.78.